The molecule has 2 aliphatic rings. The molecule has 0 radical (unpaired) electrons. The van der Waals surface area contributed by atoms with E-state index in [4.69, 9.17) is 0 Å². The molecule has 11 heteroatoms. The first-order valence-corrected chi connectivity index (χ1v) is 13.8. The Balaban J connectivity index is 1.53. The Kier molecular flexibility index (Phi) is 6.25. The Bertz CT molecular complexity index is 1910. The highest BCUT2D eigenvalue weighted by molar-refractivity contribution is 6.70. The molecule has 4 heterocycles. The molecule has 0 spiro atoms. The molecule has 2 aromatic carbocycles. The monoisotopic (exact) mass is 559 g/mol. The summed E-state index contributed by atoms with van der Waals surface area (Å²) < 4.78 is 4.82. The van der Waals surface area contributed by atoms with Crippen molar-refractivity contribution >= 4 is 29.5 Å². The zero-order valence-electron chi connectivity index (χ0n) is 24.3. The summed E-state index contributed by atoms with van der Waals surface area (Å²) >= 11 is 0. The van der Waals surface area contributed by atoms with E-state index >= 15 is 0 Å². The number of nitro benzene ring substituents is 1. The molecule has 0 saturated heterocycles. The second-order valence-corrected chi connectivity index (χ2v) is 11.4. The van der Waals surface area contributed by atoms with Gasteiger partial charge < -0.3 is 14.1 Å². The van der Waals surface area contributed by atoms with Crippen molar-refractivity contribution in [3.63, 3.8) is 0 Å². The van der Waals surface area contributed by atoms with Crippen LogP contribution in [0.5, 0.6) is 5.75 Å². The van der Waals surface area contributed by atoms with Crippen LogP contribution < -0.4 is 0 Å². The van der Waals surface area contributed by atoms with Crippen molar-refractivity contribution in [2.75, 3.05) is 0 Å². The average molecular weight is 559 g/mol. The number of nitrogens with zero attached hydrogens (tertiary/aromatic N) is 7. The van der Waals surface area contributed by atoms with Gasteiger partial charge >= 0.3 is 12.1 Å². The van der Waals surface area contributed by atoms with Gasteiger partial charge in [-0.1, -0.05) is 30.3 Å². The number of nitro groups is 1. The number of aromatic hydroxyl groups is 1. The molecule has 2 aromatic heterocycles. The third-order valence-electron chi connectivity index (χ3n) is 8.07. The molecule has 210 valence electrons. The number of aromatic nitrogens is 5. The lowest BCUT2D eigenvalue weighted by Crippen LogP contribution is -2.53. The van der Waals surface area contributed by atoms with Gasteiger partial charge in [0.1, 0.15) is 0 Å². The Labute approximate surface area is 243 Å². The van der Waals surface area contributed by atoms with Crippen LogP contribution in [0, 0.1) is 30.9 Å². The number of phenols is 1. The summed E-state index contributed by atoms with van der Waals surface area (Å²) in [6.45, 7) is 12.7. The molecule has 0 fully saturated rings. The number of hydrogen-bond donors (Lipinski definition) is 1. The number of aryl methyl sites for hydroxylation is 3. The Morgan fingerprint density at radius 2 is 1.60 bits per heavy atom. The minimum Gasteiger partial charge on any atom is -0.502 e. The number of benzene rings is 2. The largest absolute Gasteiger partial charge is 0.502 e. The lowest BCUT2D eigenvalue weighted by atomic mass is 9.48. The first-order valence-electron chi connectivity index (χ1n) is 13.8. The maximum Gasteiger partial charge on any atom is 0.373 e. The molecule has 0 unspecified atom stereocenters. The van der Waals surface area contributed by atoms with Crippen LogP contribution in [-0.2, 0) is 0 Å². The van der Waals surface area contributed by atoms with Crippen LogP contribution in [0.2, 0.25) is 13.6 Å². The fourth-order valence-electron chi connectivity index (χ4n) is 6.41. The van der Waals surface area contributed by atoms with Crippen molar-refractivity contribution in [1.29, 1.82) is 0 Å². The van der Waals surface area contributed by atoms with Crippen LogP contribution in [0.15, 0.2) is 72.0 Å². The molecule has 6 rings (SSSR count). The standard InChI is InChI=1S/C31H30BN7O3/c1-18-15-20(3)37-29(18)28(23-9-11-24(12-10-23)31-35-33-21(4)34-36-31)30-19(2)16-25(38(30)32(37,5)6)13-7-22-8-14-27(40)26(17-22)39(41)42/h7-17,40H,1-6H3/b13-7+. The van der Waals surface area contributed by atoms with Gasteiger partial charge in [-0.05, 0) is 68.3 Å². The lowest BCUT2D eigenvalue weighted by Gasteiger charge is -2.40. The van der Waals surface area contributed by atoms with Gasteiger partial charge in [0.25, 0.3) is 0 Å². The smallest absolute Gasteiger partial charge is 0.373 e. The maximum atomic E-state index is 11.4. The van der Waals surface area contributed by atoms with E-state index in [-0.39, 0.29) is 11.4 Å². The van der Waals surface area contributed by atoms with E-state index in [0.717, 1.165) is 33.7 Å². The van der Waals surface area contributed by atoms with Gasteiger partial charge in [-0.25, -0.2) is 0 Å². The number of rotatable bonds is 5. The van der Waals surface area contributed by atoms with Crippen LogP contribution in [0.25, 0.3) is 23.0 Å². The molecule has 10 nitrogen and oxygen atoms in total. The Morgan fingerprint density at radius 1 is 0.929 bits per heavy atom. The molecular formula is C31H30BN7O3. The van der Waals surface area contributed by atoms with Gasteiger partial charge in [-0.15, -0.1) is 34.0 Å². The normalized spacial score (nSPS) is 15.7. The first kappa shape index (κ1) is 27.0. The van der Waals surface area contributed by atoms with Gasteiger partial charge in [0, 0.05) is 35.0 Å². The number of fused-ring (bicyclic) bond motifs is 2. The molecule has 4 aromatic rings. The van der Waals surface area contributed by atoms with Gasteiger partial charge in [-0.2, -0.15) is 0 Å². The van der Waals surface area contributed by atoms with E-state index in [0.29, 0.717) is 17.2 Å². The molecule has 1 N–H and O–H groups in total. The maximum absolute atomic E-state index is 11.4. The summed E-state index contributed by atoms with van der Waals surface area (Å²) in [4.78, 5) is 10.8. The minimum absolute atomic E-state index is 0.320. The summed E-state index contributed by atoms with van der Waals surface area (Å²) in [5.74, 6) is 0.645. The van der Waals surface area contributed by atoms with Crippen molar-refractivity contribution in [3.05, 3.63) is 116 Å². The van der Waals surface area contributed by atoms with E-state index in [1.807, 2.05) is 24.3 Å². The lowest BCUT2D eigenvalue weighted by molar-refractivity contribution is -0.385. The van der Waals surface area contributed by atoms with Crippen LogP contribution >= 0.6 is 0 Å². The highest BCUT2D eigenvalue weighted by Gasteiger charge is 2.45. The topological polar surface area (TPSA) is 123 Å². The summed E-state index contributed by atoms with van der Waals surface area (Å²) in [5, 5.41) is 37.7. The molecule has 0 amide bonds. The van der Waals surface area contributed by atoms with Gasteiger partial charge in [0.2, 0.25) is 5.82 Å². The number of hydrogen-bond acceptors (Lipinski definition) is 7. The van der Waals surface area contributed by atoms with Crippen molar-refractivity contribution in [2.45, 2.75) is 41.3 Å². The van der Waals surface area contributed by atoms with Crippen molar-refractivity contribution in [3.8, 4) is 17.1 Å². The third kappa shape index (κ3) is 4.25. The van der Waals surface area contributed by atoms with Crippen molar-refractivity contribution in [1.82, 2.24) is 24.9 Å². The van der Waals surface area contributed by atoms with Crippen LogP contribution in [0.1, 0.15) is 40.8 Å². The molecule has 0 atom stereocenters. The molecule has 0 saturated carbocycles. The van der Waals surface area contributed by atoms with Crippen LogP contribution in [-0.4, -0.2) is 51.5 Å². The summed E-state index contributed by atoms with van der Waals surface area (Å²) in [7, 11) is 0. The second-order valence-electron chi connectivity index (χ2n) is 11.4. The Hall–Kier alpha value is -5.19. The zero-order valence-corrected chi connectivity index (χ0v) is 24.3. The molecule has 0 aliphatic carbocycles. The second kappa shape index (κ2) is 9.72. The van der Waals surface area contributed by atoms with E-state index in [1.165, 1.54) is 29.1 Å². The SMILES string of the molecule is CC1=CC(/C=C/c2ccc(O)c([N+](=O)[O-])c2)=[N+]2C1=C(c1ccc(-c3nnc(C)nn3)cc1)c1c(C)cc(C)n1[B-]2(C)C. The first-order chi connectivity index (χ1) is 20.0. The fraction of sp³-hybridized carbons (Fsp3) is 0.194. The number of allylic oxidation sites excluding steroid dienone is 3. The van der Waals surface area contributed by atoms with E-state index in [2.05, 4.69) is 88.1 Å². The summed E-state index contributed by atoms with van der Waals surface area (Å²) in [6, 6.07) is 14.8. The Morgan fingerprint density at radius 3 is 2.26 bits per heavy atom. The van der Waals surface area contributed by atoms with Crippen LogP contribution in [0.4, 0.5) is 5.69 Å². The average Bonchev–Trinajstić information content (AvgIpc) is 3.45. The van der Waals surface area contributed by atoms with Crippen molar-refractivity contribution < 1.29 is 14.5 Å². The molecule has 0 bridgehead atoms. The summed E-state index contributed by atoms with van der Waals surface area (Å²) in [6.07, 6.45) is 4.70. The highest BCUT2D eigenvalue weighted by Crippen LogP contribution is 2.43. The van der Waals surface area contributed by atoms with Gasteiger partial charge in [0.05, 0.1) is 10.5 Å². The number of phenolic OH excluding ortho intramolecular Hbond substituents is 1. The quantitative estimate of drug-likeness (QED) is 0.188. The fourth-order valence-corrected chi connectivity index (χ4v) is 6.41. The third-order valence-corrected chi connectivity index (χ3v) is 8.07. The predicted octanol–water partition coefficient (Wildman–Crippen LogP) is 5.72. The molecule has 2 aliphatic heterocycles. The van der Waals surface area contributed by atoms with Gasteiger partial charge in [0.15, 0.2) is 23.0 Å². The van der Waals surface area contributed by atoms with E-state index < -0.39 is 11.3 Å². The minimum atomic E-state index is -1.29. The molecular weight excluding hydrogens is 529 g/mol. The zero-order chi connectivity index (χ0) is 29.9. The molecule has 42 heavy (non-hydrogen) atoms. The highest BCUT2D eigenvalue weighted by atomic mass is 16.6. The predicted molar refractivity (Wildman–Crippen MR) is 163 cm³/mol. The summed E-state index contributed by atoms with van der Waals surface area (Å²) in [5.41, 5.74) is 10.2. The van der Waals surface area contributed by atoms with Crippen LogP contribution in [0.3, 0.4) is 0 Å². The van der Waals surface area contributed by atoms with Crippen molar-refractivity contribution in [2.24, 2.45) is 0 Å². The van der Waals surface area contributed by atoms with E-state index in [9.17, 15) is 15.2 Å². The van der Waals surface area contributed by atoms with Gasteiger partial charge in [-0.3, -0.25) is 10.1 Å². The van der Waals surface area contributed by atoms with E-state index in [1.54, 1.807) is 13.0 Å².